The van der Waals surface area contributed by atoms with E-state index < -0.39 is 0 Å². The number of unbranched alkanes of at least 4 members (excludes halogenated alkanes) is 2. The Morgan fingerprint density at radius 2 is 1.00 bits per heavy atom. The summed E-state index contributed by atoms with van der Waals surface area (Å²) in [5.41, 5.74) is 2.71. The number of thiophene rings is 2. The Labute approximate surface area is 206 Å². The van der Waals surface area contributed by atoms with E-state index in [4.69, 9.17) is 0 Å². The van der Waals surface area contributed by atoms with Gasteiger partial charge in [0, 0.05) is 20.2 Å². The monoisotopic (exact) mass is 478 g/mol. The molecule has 0 aliphatic rings. The maximum atomic E-state index is 9.46. The summed E-state index contributed by atoms with van der Waals surface area (Å²) in [6.07, 6.45) is 6.07. The number of hydrogen-bond acceptors (Lipinski definition) is 6. The van der Waals surface area contributed by atoms with Crippen molar-refractivity contribution in [1.82, 2.24) is 0 Å². The van der Waals surface area contributed by atoms with Crippen LogP contribution in [0.5, 0.6) is 0 Å². The second-order valence-corrected chi connectivity index (χ2v) is 10.4. The van der Waals surface area contributed by atoms with Crippen molar-refractivity contribution in [2.75, 3.05) is 0 Å². The Morgan fingerprint density at radius 1 is 0.618 bits per heavy atom. The van der Waals surface area contributed by atoms with Crippen molar-refractivity contribution in [1.29, 1.82) is 21.0 Å². The molecule has 0 saturated carbocycles. The lowest BCUT2D eigenvalue weighted by molar-refractivity contribution is 0.799. The van der Waals surface area contributed by atoms with Gasteiger partial charge in [0.1, 0.15) is 35.4 Å². The van der Waals surface area contributed by atoms with Crippen molar-refractivity contribution in [3.8, 4) is 24.3 Å². The van der Waals surface area contributed by atoms with E-state index >= 15 is 0 Å². The maximum Gasteiger partial charge on any atom is 0.146 e. The topological polar surface area (TPSA) is 95.2 Å². The van der Waals surface area contributed by atoms with E-state index in [1.165, 1.54) is 33.8 Å². The van der Waals surface area contributed by atoms with Crippen molar-refractivity contribution in [3.63, 3.8) is 0 Å². The highest BCUT2D eigenvalue weighted by atomic mass is 32.1. The Balaban J connectivity index is 2.22. The van der Waals surface area contributed by atoms with E-state index in [1.54, 1.807) is 0 Å². The van der Waals surface area contributed by atoms with Crippen LogP contribution < -0.4 is 9.06 Å². The standard InChI is InChI=1S/C28H22N4S2/c1-3-5-7-17-9-23-24(27-21(17)11-25(33-27)19(13-29)14-30)10-18(8-6-4-2)22-12-26(34-28(22)23)20(15-31)16-32/h9-12H,3-8H2,1-2H3. The lowest BCUT2D eigenvalue weighted by atomic mass is 9.95. The van der Waals surface area contributed by atoms with Crippen molar-refractivity contribution >= 4 is 64.8 Å². The number of aryl methyl sites for hydroxylation is 2. The molecule has 0 atom stereocenters. The van der Waals surface area contributed by atoms with Gasteiger partial charge in [-0.3, -0.25) is 0 Å². The minimum Gasteiger partial charge on any atom is -0.192 e. The second-order valence-electron chi connectivity index (χ2n) is 8.28. The molecule has 4 nitrogen and oxygen atoms in total. The van der Waals surface area contributed by atoms with Crippen LogP contribution >= 0.6 is 22.7 Å². The van der Waals surface area contributed by atoms with Gasteiger partial charge in [-0.15, -0.1) is 22.7 Å². The fourth-order valence-electron chi connectivity index (χ4n) is 4.36. The van der Waals surface area contributed by atoms with Crippen LogP contribution in [-0.2, 0) is 12.8 Å². The van der Waals surface area contributed by atoms with E-state index in [1.807, 2.05) is 36.4 Å². The predicted octanol–water partition coefficient (Wildman–Crippen LogP) is 6.35. The maximum absolute atomic E-state index is 9.46. The molecule has 2 aromatic heterocycles. The van der Waals surface area contributed by atoms with Gasteiger partial charge in [0.25, 0.3) is 0 Å². The predicted molar refractivity (Wildman–Crippen MR) is 140 cm³/mol. The van der Waals surface area contributed by atoms with E-state index in [0.29, 0.717) is 9.06 Å². The van der Waals surface area contributed by atoms with Crippen molar-refractivity contribution in [2.24, 2.45) is 0 Å². The van der Waals surface area contributed by atoms with Gasteiger partial charge in [0.05, 0.1) is 9.06 Å². The molecule has 6 heteroatoms. The van der Waals surface area contributed by atoms with Crippen LogP contribution in [0, 0.1) is 45.3 Å². The van der Waals surface area contributed by atoms with E-state index in [2.05, 4.69) is 26.0 Å². The summed E-state index contributed by atoms with van der Waals surface area (Å²) in [6.45, 7) is 4.33. The molecule has 4 rings (SSSR count). The van der Waals surface area contributed by atoms with Crippen LogP contribution in [0.15, 0.2) is 24.3 Å². The van der Waals surface area contributed by atoms with Gasteiger partial charge in [-0.2, -0.15) is 21.0 Å². The highest BCUT2D eigenvalue weighted by molar-refractivity contribution is 7.19. The number of hydrogen-bond donors (Lipinski definition) is 0. The molecule has 0 radical (unpaired) electrons. The van der Waals surface area contributed by atoms with Crippen molar-refractivity contribution in [2.45, 2.75) is 52.4 Å². The fourth-order valence-corrected chi connectivity index (χ4v) is 6.70. The third-order valence-electron chi connectivity index (χ3n) is 6.11. The number of nitrogens with zero attached hydrogens (tertiary/aromatic N) is 4. The van der Waals surface area contributed by atoms with E-state index in [-0.39, 0.29) is 11.1 Å². The van der Waals surface area contributed by atoms with Gasteiger partial charge in [0.15, 0.2) is 0 Å². The number of fused-ring (bicyclic) bond motifs is 5. The molecular weight excluding hydrogens is 456 g/mol. The second kappa shape index (κ2) is 10.1. The Bertz CT molecular complexity index is 1560. The molecule has 0 amide bonds. The molecule has 2 heterocycles. The molecule has 0 saturated heterocycles. The van der Waals surface area contributed by atoms with Crippen molar-refractivity contribution in [3.05, 3.63) is 44.5 Å². The zero-order valence-corrected chi connectivity index (χ0v) is 20.8. The molecule has 0 spiro atoms. The molecular formula is C28H22N4S2. The van der Waals surface area contributed by atoms with Crippen LogP contribution in [0.1, 0.15) is 50.7 Å². The highest BCUT2D eigenvalue weighted by Crippen LogP contribution is 2.39. The van der Waals surface area contributed by atoms with Crippen LogP contribution in [0.3, 0.4) is 0 Å². The summed E-state index contributed by atoms with van der Waals surface area (Å²) < 4.78 is 3.61. The Morgan fingerprint density at radius 3 is 1.32 bits per heavy atom. The van der Waals surface area contributed by atoms with Crippen LogP contribution in [-0.4, -0.2) is 0 Å². The Hall–Kier alpha value is -3.68. The molecule has 2 aromatic carbocycles. The third kappa shape index (κ3) is 4.04. The molecule has 34 heavy (non-hydrogen) atoms. The smallest absolute Gasteiger partial charge is 0.146 e. The van der Waals surface area contributed by atoms with E-state index in [9.17, 15) is 21.0 Å². The highest BCUT2D eigenvalue weighted by Gasteiger charge is 2.16. The van der Waals surface area contributed by atoms with Gasteiger partial charge in [0.2, 0.25) is 0 Å². The largest absolute Gasteiger partial charge is 0.192 e. The lowest BCUT2D eigenvalue weighted by Crippen LogP contribution is -1.94. The average molecular weight is 479 g/mol. The van der Waals surface area contributed by atoms with Gasteiger partial charge in [-0.05, 0) is 71.8 Å². The zero-order chi connectivity index (χ0) is 24.2. The third-order valence-corrected chi connectivity index (χ3v) is 8.48. The zero-order valence-electron chi connectivity index (χ0n) is 19.2. The molecule has 0 aliphatic heterocycles. The minimum absolute atomic E-state index is 0.142. The summed E-state index contributed by atoms with van der Waals surface area (Å²) in [4.78, 5) is 0. The molecule has 0 fully saturated rings. The normalized spacial score (nSPS) is 10.6. The van der Waals surface area contributed by atoms with E-state index in [0.717, 1.165) is 69.5 Å². The minimum atomic E-state index is 0.142. The average Bonchev–Trinajstić information content (AvgIpc) is 3.49. The first-order chi connectivity index (χ1) is 16.6. The number of nitriles is 4. The summed E-state index contributed by atoms with van der Waals surface area (Å²) in [5.74, 6) is 0. The quantitative estimate of drug-likeness (QED) is 0.322. The van der Waals surface area contributed by atoms with Gasteiger partial charge in [-0.25, -0.2) is 0 Å². The van der Waals surface area contributed by atoms with Gasteiger partial charge in [-0.1, -0.05) is 26.7 Å². The van der Waals surface area contributed by atoms with Crippen LogP contribution in [0.4, 0.5) is 0 Å². The Kier molecular flexibility index (Phi) is 6.95. The molecule has 0 unspecified atom stereocenters. The summed E-state index contributed by atoms with van der Waals surface area (Å²) in [7, 11) is 0. The first kappa shape index (κ1) is 23.5. The SMILES string of the molecule is CCCCc1cc2c(cc(CCCC)c3cc(=C(C#N)C#N)sc32)c2sc(=C(C#N)C#N)cc12. The molecule has 0 N–H and O–H groups in total. The molecule has 0 aliphatic carbocycles. The van der Waals surface area contributed by atoms with Gasteiger partial charge >= 0.3 is 0 Å². The molecule has 4 aromatic rings. The number of benzene rings is 2. The first-order valence-electron chi connectivity index (χ1n) is 11.4. The number of rotatable bonds is 6. The fraction of sp³-hybridized carbons (Fsp3) is 0.286. The molecule has 166 valence electrons. The van der Waals surface area contributed by atoms with Gasteiger partial charge < -0.3 is 0 Å². The lowest BCUT2D eigenvalue weighted by Gasteiger charge is -2.11. The summed E-state index contributed by atoms with van der Waals surface area (Å²) >= 11 is 3.02. The van der Waals surface area contributed by atoms with Crippen LogP contribution in [0.25, 0.3) is 42.1 Å². The van der Waals surface area contributed by atoms with Crippen LogP contribution in [0.2, 0.25) is 0 Å². The summed E-state index contributed by atoms with van der Waals surface area (Å²) in [5, 5.41) is 42.3. The first-order valence-corrected chi connectivity index (χ1v) is 13.0. The summed E-state index contributed by atoms with van der Waals surface area (Å²) in [6, 6.07) is 16.6. The molecule has 0 bridgehead atoms. The van der Waals surface area contributed by atoms with Crippen molar-refractivity contribution < 1.29 is 0 Å².